The molecule has 0 saturated heterocycles. The first-order valence-corrected chi connectivity index (χ1v) is 7.43. The summed E-state index contributed by atoms with van der Waals surface area (Å²) in [5, 5.41) is 21.3. The number of nitrogens with zero attached hydrogens (tertiary/aromatic N) is 3. The minimum atomic E-state index is 0.280. The largest absolute Gasteiger partial charge is 0.489 e. The van der Waals surface area contributed by atoms with E-state index in [9.17, 15) is 0 Å². The van der Waals surface area contributed by atoms with Gasteiger partial charge in [-0.3, -0.25) is 0 Å². The highest BCUT2D eigenvalue weighted by Crippen LogP contribution is 2.24. The van der Waals surface area contributed by atoms with Gasteiger partial charge in [0.15, 0.2) is 5.69 Å². The minimum absolute atomic E-state index is 0.280. The van der Waals surface area contributed by atoms with E-state index in [0.29, 0.717) is 12.3 Å². The first kappa shape index (κ1) is 13.5. The van der Waals surface area contributed by atoms with Crippen molar-refractivity contribution in [2.75, 3.05) is 12.4 Å². The number of benzene rings is 1. The summed E-state index contributed by atoms with van der Waals surface area (Å²) in [5.74, 6) is 1.73. The highest BCUT2D eigenvalue weighted by Gasteiger charge is 2.10. The van der Waals surface area contributed by atoms with Gasteiger partial charge in [-0.15, -0.1) is 16.9 Å². The lowest BCUT2D eigenvalue weighted by atomic mass is 10.1. The molecule has 0 radical (unpaired) electrons. The highest BCUT2D eigenvalue weighted by atomic mass is 32.2. The Morgan fingerprint density at radius 3 is 3.14 bits per heavy atom. The summed E-state index contributed by atoms with van der Waals surface area (Å²) in [6, 6.07) is 9.51. The summed E-state index contributed by atoms with van der Waals surface area (Å²) in [6.45, 7) is 0.532. The Balaban J connectivity index is 1.76. The van der Waals surface area contributed by atoms with E-state index in [1.807, 2.05) is 30.3 Å². The normalized spacial score (nSPS) is 13.6. The predicted octanol–water partition coefficient (Wildman–Crippen LogP) is 2.91. The third-order valence-corrected chi connectivity index (χ3v) is 3.67. The van der Waals surface area contributed by atoms with Crippen molar-refractivity contribution < 1.29 is 4.74 Å². The van der Waals surface area contributed by atoms with E-state index in [4.69, 9.17) is 10.00 Å². The molecule has 0 atom stereocenters. The monoisotopic (exact) mass is 296 g/mol. The molecule has 2 heterocycles. The third-order valence-electron chi connectivity index (χ3n) is 2.99. The molecule has 0 unspecified atom stereocenters. The van der Waals surface area contributed by atoms with Crippen molar-refractivity contribution in [2.24, 2.45) is 0 Å². The van der Waals surface area contributed by atoms with Crippen molar-refractivity contribution in [3.63, 3.8) is 0 Å². The van der Waals surface area contributed by atoms with Crippen LogP contribution in [0.2, 0.25) is 0 Å². The van der Waals surface area contributed by atoms with E-state index in [1.54, 1.807) is 11.8 Å². The summed E-state index contributed by atoms with van der Waals surface area (Å²) in [5.41, 5.74) is 2.79. The Morgan fingerprint density at radius 1 is 1.38 bits per heavy atom. The van der Waals surface area contributed by atoms with Gasteiger partial charge in [0.1, 0.15) is 24.1 Å². The molecule has 3 rings (SSSR count). The zero-order valence-corrected chi connectivity index (χ0v) is 11.9. The lowest BCUT2D eigenvalue weighted by Gasteiger charge is -2.10. The number of aromatic amines is 1. The van der Waals surface area contributed by atoms with Gasteiger partial charge in [-0.2, -0.15) is 15.6 Å². The van der Waals surface area contributed by atoms with E-state index >= 15 is 0 Å². The quantitative estimate of drug-likeness (QED) is 0.939. The maximum atomic E-state index is 8.99. The van der Waals surface area contributed by atoms with Gasteiger partial charge in [0.25, 0.3) is 0 Å². The Bertz CT molecular complexity index is 742. The molecule has 1 aliphatic heterocycles. The van der Waals surface area contributed by atoms with Crippen molar-refractivity contribution in [2.45, 2.75) is 0 Å². The van der Waals surface area contributed by atoms with Crippen LogP contribution < -0.4 is 4.74 Å². The van der Waals surface area contributed by atoms with Crippen molar-refractivity contribution in [3.8, 4) is 23.1 Å². The molecule has 0 aliphatic carbocycles. The molecule has 6 heteroatoms. The van der Waals surface area contributed by atoms with E-state index < -0.39 is 0 Å². The Hall–Kier alpha value is -2.52. The fourth-order valence-electron chi connectivity index (χ4n) is 1.93. The first-order valence-electron chi connectivity index (χ1n) is 6.38. The number of hydrogen-bond donors (Lipinski definition) is 1. The average Bonchev–Trinajstić information content (AvgIpc) is 3.03. The molecule has 0 amide bonds. The van der Waals surface area contributed by atoms with Crippen LogP contribution in [0.1, 0.15) is 5.69 Å². The average molecular weight is 296 g/mol. The number of rotatable bonds is 4. The molecule has 1 N–H and O–H groups in total. The smallest absolute Gasteiger partial charge is 0.190 e. The van der Waals surface area contributed by atoms with Crippen LogP contribution in [-0.2, 0) is 0 Å². The Labute approximate surface area is 126 Å². The predicted molar refractivity (Wildman–Crippen MR) is 81.7 cm³/mol. The molecule has 0 saturated carbocycles. The molecule has 0 fully saturated rings. The van der Waals surface area contributed by atoms with Crippen LogP contribution in [0.15, 0.2) is 47.4 Å². The number of nitrogens with one attached hydrogen (secondary N) is 1. The Kier molecular flexibility index (Phi) is 4.03. The maximum Gasteiger partial charge on any atom is 0.190 e. The minimum Gasteiger partial charge on any atom is -0.489 e. The van der Waals surface area contributed by atoms with Gasteiger partial charge in [-0.1, -0.05) is 18.2 Å². The number of nitriles is 1. The molecular weight excluding hydrogens is 284 g/mol. The van der Waals surface area contributed by atoms with E-state index in [-0.39, 0.29) is 5.69 Å². The molecule has 1 aromatic carbocycles. The topological polar surface area (TPSA) is 74.6 Å². The zero-order valence-electron chi connectivity index (χ0n) is 11.1. The summed E-state index contributed by atoms with van der Waals surface area (Å²) in [4.78, 5) is 0. The third kappa shape index (κ3) is 3.15. The van der Waals surface area contributed by atoms with Crippen LogP contribution in [-0.4, -0.2) is 27.8 Å². The first-order chi connectivity index (χ1) is 10.4. The van der Waals surface area contributed by atoms with Gasteiger partial charge in [-0.05, 0) is 29.2 Å². The lowest BCUT2D eigenvalue weighted by Crippen LogP contribution is -2.01. The molecule has 0 spiro atoms. The molecule has 5 nitrogen and oxygen atoms in total. The molecular formula is C15H12N4OS. The van der Waals surface area contributed by atoms with Crippen LogP contribution in [0.3, 0.4) is 0 Å². The van der Waals surface area contributed by atoms with Gasteiger partial charge >= 0.3 is 0 Å². The SMILES string of the molecule is N#Cc1n[nH]nc1-c1cccc(OCC2=CCSC=C2)c1. The Morgan fingerprint density at radius 2 is 2.33 bits per heavy atom. The highest BCUT2D eigenvalue weighted by molar-refractivity contribution is 8.02. The van der Waals surface area contributed by atoms with Crippen molar-refractivity contribution in [1.29, 1.82) is 5.26 Å². The number of ether oxygens (including phenoxy) is 1. The number of H-pyrrole nitrogens is 1. The summed E-state index contributed by atoms with van der Waals surface area (Å²) in [6.07, 6.45) is 4.21. The fraction of sp³-hybridized carbons (Fsp3) is 0.133. The standard InChI is InChI=1S/C15H12N4OS/c16-9-14-15(18-19-17-14)12-2-1-3-13(8-12)20-10-11-4-6-21-7-5-11/h1-6,8H,7,10H2,(H,17,18,19). The zero-order chi connectivity index (χ0) is 14.5. The van der Waals surface area contributed by atoms with E-state index in [2.05, 4.69) is 33.0 Å². The van der Waals surface area contributed by atoms with Crippen molar-refractivity contribution in [1.82, 2.24) is 15.4 Å². The number of aromatic nitrogens is 3. The number of thioether (sulfide) groups is 1. The van der Waals surface area contributed by atoms with Crippen LogP contribution in [0.4, 0.5) is 0 Å². The summed E-state index contributed by atoms with van der Waals surface area (Å²) in [7, 11) is 0. The van der Waals surface area contributed by atoms with Gasteiger partial charge < -0.3 is 4.74 Å². The van der Waals surface area contributed by atoms with Gasteiger partial charge in [0.2, 0.25) is 0 Å². The molecule has 104 valence electrons. The van der Waals surface area contributed by atoms with E-state index in [0.717, 1.165) is 17.1 Å². The second-order valence-electron chi connectivity index (χ2n) is 4.36. The maximum absolute atomic E-state index is 8.99. The van der Waals surface area contributed by atoms with Gasteiger partial charge in [-0.25, -0.2) is 0 Å². The van der Waals surface area contributed by atoms with Gasteiger partial charge in [0.05, 0.1) is 0 Å². The van der Waals surface area contributed by atoms with Crippen molar-refractivity contribution in [3.05, 3.63) is 53.1 Å². The second kappa shape index (κ2) is 6.29. The summed E-state index contributed by atoms with van der Waals surface area (Å²) >= 11 is 1.76. The van der Waals surface area contributed by atoms with Gasteiger partial charge in [0, 0.05) is 11.3 Å². The molecule has 0 bridgehead atoms. The molecule has 1 aromatic heterocycles. The van der Waals surface area contributed by atoms with Crippen LogP contribution in [0, 0.1) is 11.3 Å². The second-order valence-corrected chi connectivity index (χ2v) is 5.30. The van der Waals surface area contributed by atoms with Crippen LogP contribution >= 0.6 is 11.8 Å². The summed E-state index contributed by atoms with van der Waals surface area (Å²) < 4.78 is 5.79. The van der Waals surface area contributed by atoms with Crippen molar-refractivity contribution >= 4 is 11.8 Å². The number of hydrogen-bond acceptors (Lipinski definition) is 5. The fourth-order valence-corrected chi connectivity index (χ4v) is 2.62. The van der Waals surface area contributed by atoms with E-state index in [1.165, 1.54) is 5.57 Å². The molecule has 2 aromatic rings. The lowest BCUT2D eigenvalue weighted by molar-refractivity contribution is 0.355. The van der Waals surface area contributed by atoms with Crippen LogP contribution in [0.5, 0.6) is 5.75 Å². The molecule has 1 aliphatic rings. The molecule has 21 heavy (non-hydrogen) atoms. The van der Waals surface area contributed by atoms with Crippen LogP contribution in [0.25, 0.3) is 11.3 Å².